The minimum Gasteiger partial charge on any atom is -0.484 e. The molecule has 2 aliphatic rings. The second-order valence-electron chi connectivity index (χ2n) is 8.97. The molecule has 1 atom stereocenters. The van der Waals surface area contributed by atoms with Gasteiger partial charge < -0.3 is 25.0 Å². The predicted octanol–water partition coefficient (Wildman–Crippen LogP) is 4.06. The van der Waals surface area contributed by atoms with Crippen LogP contribution in [-0.2, 0) is 16.0 Å². The van der Waals surface area contributed by atoms with Crippen LogP contribution in [0.3, 0.4) is 0 Å². The molecule has 0 spiro atoms. The van der Waals surface area contributed by atoms with E-state index < -0.39 is 12.2 Å². The summed E-state index contributed by atoms with van der Waals surface area (Å²) in [6, 6.07) is 6.50. The van der Waals surface area contributed by atoms with Gasteiger partial charge in [0.2, 0.25) is 0 Å². The number of aromatic nitrogens is 1. The minimum atomic E-state index is -0.505. The van der Waals surface area contributed by atoms with Crippen LogP contribution >= 0.6 is 0 Å². The van der Waals surface area contributed by atoms with Crippen molar-refractivity contribution in [2.45, 2.75) is 26.4 Å². The molecule has 0 aliphatic carbocycles. The van der Waals surface area contributed by atoms with Gasteiger partial charge in [0.1, 0.15) is 24.3 Å². The van der Waals surface area contributed by atoms with Crippen LogP contribution in [0.4, 0.5) is 26.5 Å². The second kappa shape index (κ2) is 10.7. The van der Waals surface area contributed by atoms with Crippen molar-refractivity contribution < 1.29 is 23.5 Å². The van der Waals surface area contributed by atoms with E-state index in [0.29, 0.717) is 59.5 Å². The minimum absolute atomic E-state index is 0.267. The summed E-state index contributed by atoms with van der Waals surface area (Å²) in [6.45, 7) is 12.1. The third-order valence-corrected chi connectivity index (χ3v) is 6.03. The highest BCUT2D eigenvalue weighted by atomic mass is 19.1. The molecule has 2 aliphatic heterocycles. The third kappa shape index (κ3) is 5.58. The molecule has 4 rings (SSSR count). The fourth-order valence-electron chi connectivity index (χ4n) is 4.21. The van der Waals surface area contributed by atoms with Gasteiger partial charge in [0.15, 0.2) is 11.6 Å². The topological polar surface area (TPSA) is 96.0 Å². The molecule has 10 heteroatoms. The highest BCUT2D eigenvalue weighted by Gasteiger charge is 2.32. The average Bonchev–Trinajstić information content (AvgIpc) is 3.24. The first-order chi connectivity index (χ1) is 17.7. The van der Waals surface area contributed by atoms with Crippen LogP contribution in [0.25, 0.3) is 0 Å². The maximum atomic E-state index is 14.7. The van der Waals surface area contributed by atoms with E-state index in [1.165, 1.54) is 15.9 Å². The summed E-state index contributed by atoms with van der Waals surface area (Å²) < 4.78 is 25.7. The first kappa shape index (κ1) is 25.7. The average molecular weight is 508 g/mol. The van der Waals surface area contributed by atoms with Gasteiger partial charge in [-0.05, 0) is 56.3 Å². The molecule has 2 aromatic rings. The number of benzene rings is 1. The molecule has 1 fully saturated rings. The molecule has 3 heterocycles. The Bertz CT molecular complexity index is 1290. The number of nitrogens with one attached hydrogen (secondary N) is 2. The van der Waals surface area contributed by atoms with Crippen LogP contribution in [-0.4, -0.2) is 49.8 Å². The number of ether oxygens (including phenoxy) is 2. The molecule has 37 heavy (non-hydrogen) atoms. The van der Waals surface area contributed by atoms with E-state index >= 15 is 0 Å². The van der Waals surface area contributed by atoms with Crippen molar-refractivity contribution in [3.8, 4) is 5.75 Å². The highest BCUT2D eigenvalue weighted by Crippen LogP contribution is 2.32. The summed E-state index contributed by atoms with van der Waals surface area (Å²) in [5.41, 5.74) is 2.83. The standard InChI is InChI=1S/C27H30FN5O4/c1-16(2)26(34)32(5)24-17(3)6-7-21(28)20(24)11-13-29-12-10-19-14-33(27(35)37-19)23-9-8-22-25(31-23)30-18(4)15-36-22/h6-10,12,19,29H,1,4,11,13-15H2,2-3,5H3,(H,30,31)/t19-/m1/s1. The Hall–Kier alpha value is -4.34. The SMILES string of the molecule is C=C1COc2ccc(N3C[C@@H](C=CNCCc4c(F)ccc(C)c4N(C)C(=O)C(=C)C)OC3=O)nc2N1. The largest absolute Gasteiger partial charge is 0.484 e. The number of amides is 2. The Morgan fingerprint density at radius 1 is 1.38 bits per heavy atom. The quantitative estimate of drug-likeness (QED) is 0.411. The zero-order valence-electron chi connectivity index (χ0n) is 21.1. The van der Waals surface area contributed by atoms with Crippen molar-refractivity contribution in [1.29, 1.82) is 0 Å². The molecule has 1 aromatic heterocycles. The van der Waals surface area contributed by atoms with Crippen LogP contribution in [0, 0.1) is 12.7 Å². The number of hydrogen-bond acceptors (Lipinski definition) is 7. The molecule has 2 amide bonds. The van der Waals surface area contributed by atoms with E-state index in [1.54, 1.807) is 44.4 Å². The van der Waals surface area contributed by atoms with Crippen LogP contribution in [0.5, 0.6) is 5.75 Å². The van der Waals surface area contributed by atoms with Gasteiger partial charge in [0.25, 0.3) is 5.91 Å². The molecule has 0 saturated carbocycles. The van der Waals surface area contributed by atoms with Crippen LogP contribution in [0.1, 0.15) is 18.1 Å². The summed E-state index contributed by atoms with van der Waals surface area (Å²) in [4.78, 5) is 32.2. The van der Waals surface area contributed by atoms with Gasteiger partial charge in [-0.3, -0.25) is 9.69 Å². The highest BCUT2D eigenvalue weighted by molar-refractivity contribution is 6.05. The Morgan fingerprint density at radius 3 is 2.92 bits per heavy atom. The first-order valence-corrected chi connectivity index (χ1v) is 11.8. The molecular weight excluding hydrogens is 477 g/mol. The summed E-state index contributed by atoms with van der Waals surface area (Å²) >= 11 is 0. The van der Waals surface area contributed by atoms with Gasteiger partial charge in [-0.2, -0.15) is 0 Å². The molecule has 0 unspecified atom stereocenters. The Kier molecular flexibility index (Phi) is 7.47. The van der Waals surface area contributed by atoms with Gasteiger partial charge in [-0.15, -0.1) is 0 Å². The summed E-state index contributed by atoms with van der Waals surface area (Å²) in [7, 11) is 1.62. The van der Waals surface area contributed by atoms with Gasteiger partial charge in [-0.25, -0.2) is 14.2 Å². The number of halogens is 1. The third-order valence-electron chi connectivity index (χ3n) is 6.03. The van der Waals surface area contributed by atoms with Crippen molar-refractivity contribution in [2.75, 3.05) is 41.9 Å². The second-order valence-corrected chi connectivity index (χ2v) is 8.97. The number of likely N-dealkylation sites (N-methyl/N-ethyl adjacent to an activating group) is 1. The van der Waals surface area contributed by atoms with Gasteiger partial charge in [-0.1, -0.05) is 19.2 Å². The lowest BCUT2D eigenvalue weighted by atomic mass is 10.0. The number of nitrogens with zero attached hydrogens (tertiary/aromatic N) is 3. The first-order valence-electron chi connectivity index (χ1n) is 11.8. The molecule has 1 saturated heterocycles. The van der Waals surface area contributed by atoms with Gasteiger partial charge >= 0.3 is 6.09 Å². The van der Waals surface area contributed by atoms with Gasteiger partial charge in [0, 0.05) is 30.4 Å². The normalized spacial score (nSPS) is 16.6. The van der Waals surface area contributed by atoms with Crippen molar-refractivity contribution >= 4 is 29.3 Å². The monoisotopic (exact) mass is 507 g/mol. The number of rotatable bonds is 8. The van der Waals surface area contributed by atoms with E-state index in [1.807, 2.05) is 6.92 Å². The smallest absolute Gasteiger partial charge is 0.416 e. The Labute approximate surface area is 215 Å². The molecule has 194 valence electrons. The number of hydrogen-bond donors (Lipinski definition) is 2. The fraction of sp³-hybridized carbons (Fsp3) is 0.296. The number of cyclic esters (lactones) is 1. The van der Waals surface area contributed by atoms with Crippen LogP contribution < -0.4 is 25.2 Å². The summed E-state index contributed by atoms with van der Waals surface area (Å²) in [5, 5.41) is 6.17. The summed E-state index contributed by atoms with van der Waals surface area (Å²) in [5.74, 6) is 0.883. The van der Waals surface area contributed by atoms with E-state index in [0.717, 1.165) is 5.56 Å². The fourth-order valence-corrected chi connectivity index (χ4v) is 4.21. The van der Waals surface area contributed by atoms with Crippen molar-refractivity contribution in [1.82, 2.24) is 10.3 Å². The summed E-state index contributed by atoms with van der Waals surface area (Å²) in [6.07, 6.45) is 2.76. The molecule has 2 N–H and O–H groups in total. The maximum absolute atomic E-state index is 14.7. The van der Waals surface area contributed by atoms with Crippen LogP contribution in [0.2, 0.25) is 0 Å². The van der Waals surface area contributed by atoms with Crippen LogP contribution in [0.15, 0.2) is 61.0 Å². The lowest BCUT2D eigenvalue weighted by molar-refractivity contribution is -0.114. The zero-order chi connectivity index (χ0) is 26.7. The molecule has 1 aromatic carbocycles. The van der Waals surface area contributed by atoms with Crippen molar-refractivity contribution in [3.05, 3.63) is 77.9 Å². The lowest BCUT2D eigenvalue weighted by Crippen LogP contribution is -2.29. The number of pyridine rings is 1. The number of aryl methyl sites for hydroxylation is 1. The van der Waals surface area contributed by atoms with E-state index in [-0.39, 0.29) is 18.3 Å². The number of carbonyl (C=O) groups excluding carboxylic acids is 2. The van der Waals surface area contributed by atoms with Gasteiger partial charge in [0.05, 0.1) is 12.2 Å². The molecule has 9 nitrogen and oxygen atoms in total. The number of fused-ring (bicyclic) bond motifs is 1. The van der Waals surface area contributed by atoms with E-state index in [9.17, 15) is 14.0 Å². The maximum Gasteiger partial charge on any atom is 0.416 e. The molecule has 0 bridgehead atoms. The molecule has 0 radical (unpaired) electrons. The van der Waals surface area contributed by atoms with E-state index in [2.05, 4.69) is 28.8 Å². The van der Waals surface area contributed by atoms with Crippen molar-refractivity contribution in [3.63, 3.8) is 0 Å². The molecular formula is C27H30FN5O4. The number of carbonyl (C=O) groups is 2. The Morgan fingerprint density at radius 2 is 2.16 bits per heavy atom. The zero-order valence-corrected chi connectivity index (χ0v) is 21.1. The number of anilines is 3. The predicted molar refractivity (Wildman–Crippen MR) is 140 cm³/mol. The van der Waals surface area contributed by atoms with E-state index in [4.69, 9.17) is 9.47 Å². The lowest BCUT2D eigenvalue weighted by Gasteiger charge is -2.23. The van der Waals surface area contributed by atoms with Crippen molar-refractivity contribution in [2.24, 2.45) is 0 Å². The Balaban J connectivity index is 1.35.